The lowest BCUT2D eigenvalue weighted by molar-refractivity contribution is -0.384. The average molecular weight is 349 g/mol. The molecule has 26 heavy (non-hydrogen) atoms. The fourth-order valence-electron chi connectivity index (χ4n) is 2.95. The van der Waals surface area contributed by atoms with Gasteiger partial charge in [0, 0.05) is 41.0 Å². The first-order chi connectivity index (χ1) is 12.4. The molecule has 0 saturated heterocycles. The molecule has 0 aliphatic heterocycles. The van der Waals surface area contributed by atoms with Gasteiger partial charge in [-0.2, -0.15) is 0 Å². The van der Waals surface area contributed by atoms with E-state index < -0.39 is 4.92 Å². The van der Waals surface area contributed by atoms with Crippen LogP contribution in [-0.4, -0.2) is 20.8 Å². The predicted molar refractivity (Wildman–Crippen MR) is 102 cm³/mol. The zero-order valence-corrected chi connectivity index (χ0v) is 14.8. The summed E-state index contributed by atoms with van der Waals surface area (Å²) in [4.78, 5) is 14.6. The summed E-state index contributed by atoms with van der Waals surface area (Å²) >= 11 is 0. The summed E-state index contributed by atoms with van der Waals surface area (Å²) in [6.07, 6.45) is 1.62. The summed E-state index contributed by atoms with van der Waals surface area (Å²) in [7, 11) is 0. The minimum absolute atomic E-state index is 0.0978. The highest BCUT2D eigenvalue weighted by Gasteiger charge is 2.11. The van der Waals surface area contributed by atoms with E-state index in [1.165, 1.54) is 23.8 Å². The van der Waals surface area contributed by atoms with Gasteiger partial charge in [-0.25, -0.2) is 0 Å². The largest absolute Gasteiger partial charge is 0.506 e. The highest BCUT2D eigenvalue weighted by molar-refractivity contribution is 5.85. The monoisotopic (exact) mass is 349 g/mol. The van der Waals surface area contributed by atoms with Crippen molar-refractivity contribution in [2.24, 2.45) is 4.99 Å². The number of hydrogen-bond acceptors (Lipinski definition) is 4. The number of non-ortho nitro benzene ring substituents is 1. The van der Waals surface area contributed by atoms with Crippen molar-refractivity contribution in [2.45, 2.75) is 20.8 Å². The predicted octanol–water partition coefficient (Wildman–Crippen LogP) is 4.77. The number of aryl methyl sites for hydroxylation is 2. The van der Waals surface area contributed by atoms with Gasteiger partial charge in [-0.15, -0.1) is 0 Å². The fraction of sp³-hybridized carbons (Fsp3) is 0.150. The van der Waals surface area contributed by atoms with Crippen LogP contribution in [0.3, 0.4) is 0 Å². The van der Waals surface area contributed by atoms with E-state index in [2.05, 4.69) is 15.6 Å². The first kappa shape index (κ1) is 17.4. The zero-order valence-electron chi connectivity index (χ0n) is 14.8. The Morgan fingerprint density at radius 3 is 2.58 bits per heavy atom. The van der Waals surface area contributed by atoms with E-state index in [4.69, 9.17) is 0 Å². The van der Waals surface area contributed by atoms with Crippen LogP contribution in [0.4, 0.5) is 11.4 Å². The molecule has 6 heteroatoms. The number of aromatic hydroxyl groups is 1. The third-order valence-electron chi connectivity index (χ3n) is 4.24. The van der Waals surface area contributed by atoms with Crippen molar-refractivity contribution in [2.75, 3.05) is 0 Å². The molecule has 3 aromatic rings. The number of phenols is 1. The Hall–Kier alpha value is -3.41. The van der Waals surface area contributed by atoms with Crippen molar-refractivity contribution in [1.82, 2.24) is 4.57 Å². The Balaban J connectivity index is 2.00. The van der Waals surface area contributed by atoms with Gasteiger partial charge in [0.25, 0.3) is 5.69 Å². The molecule has 0 atom stereocenters. The zero-order chi connectivity index (χ0) is 18.8. The van der Waals surface area contributed by atoms with E-state index in [-0.39, 0.29) is 17.1 Å². The van der Waals surface area contributed by atoms with Crippen LogP contribution in [-0.2, 0) is 0 Å². The molecule has 0 radical (unpaired) electrons. The maximum Gasteiger partial charge on any atom is 0.271 e. The molecule has 0 spiro atoms. The Morgan fingerprint density at radius 2 is 1.88 bits per heavy atom. The number of nitro groups is 1. The number of aromatic nitrogens is 1. The lowest BCUT2D eigenvalue weighted by Gasteiger charge is -2.10. The van der Waals surface area contributed by atoms with Gasteiger partial charge < -0.3 is 9.67 Å². The van der Waals surface area contributed by atoms with Crippen LogP contribution in [0.25, 0.3) is 5.69 Å². The first-order valence-corrected chi connectivity index (χ1v) is 8.14. The van der Waals surface area contributed by atoms with Gasteiger partial charge in [0.1, 0.15) is 11.4 Å². The molecule has 0 aliphatic rings. The minimum Gasteiger partial charge on any atom is -0.506 e. The summed E-state index contributed by atoms with van der Waals surface area (Å²) in [5.74, 6) is -0.0978. The maximum absolute atomic E-state index is 10.9. The molecule has 0 unspecified atom stereocenters. The van der Waals surface area contributed by atoms with E-state index >= 15 is 0 Å². The second-order valence-corrected chi connectivity index (χ2v) is 6.19. The second kappa shape index (κ2) is 6.84. The number of aliphatic imine (C=N–C) groups is 1. The summed E-state index contributed by atoms with van der Waals surface area (Å²) in [6, 6.07) is 14.0. The summed E-state index contributed by atoms with van der Waals surface area (Å²) < 4.78 is 2.13. The molecule has 2 aromatic carbocycles. The normalized spacial score (nSPS) is 11.2. The molecule has 0 bridgehead atoms. The van der Waals surface area contributed by atoms with Crippen LogP contribution in [0.1, 0.15) is 22.5 Å². The second-order valence-electron chi connectivity index (χ2n) is 6.19. The number of nitro benzene ring substituents is 1. The molecule has 0 amide bonds. The van der Waals surface area contributed by atoms with Crippen LogP contribution >= 0.6 is 0 Å². The first-order valence-electron chi connectivity index (χ1n) is 8.14. The number of phenolic OH excluding ortho intramolecular Hbond substituents is 1. The molecule has 3 rings (SSSR count). The molecule has 0 fully saturated rings. The Morgan fingerprint density at radius 1 is 1.12 bits per heavy atom. The molecule has 1 aromatic heterocycles. The van der Waals surface area contributed by atoms with E-state index in [1.807, 2.05) is 45.0 Å². The molecule has 0 saturated carbocycles. The van der Waals surface area contributed by atoms with Gasteiger partial charge >= 0.3 is 0 Å². The molecule has 6 nitrogen and oxygen atoms in total. The van der Waals surface area contributed by atoms with Crippen molar-refractivity contribution in [3.63, 3.8) is 0 Å². The van der Waals surface area contributed by atoms with Crippen molar-refractivity contribution in [3.8, 4) is 11.4 Å². The molecular weight excluding hydrogens is 330 g/mol. The van der Waals surface area contributed by atoms with Crippen molar-refractivity contribution >= 4 is 17.6 Å². The van der Waals surface area contributed by atoms with Gasteiger partial charge in [0.05, 0.1) is 4.92 Å². The SMILES string of the molecule is Cc1cccc(-n2c(C)cc(C=Nc3cc([N+](=O)[O-])ccc3O)c2C)c1. The lowest BCUT2D eigenvalue weighted by atomic mass is 10.2. The van der Waals surface area contributed by atoms with E-state index in [0.29, 0.717) is 0 Å². The van der Waals surface area contributed by atoms with Gasteiger partial charge in [-0.05, 0) is 50.6 Å². The minimum atomic E-state index is -0.512. The summed E-state index contributed by atoms with van der Waals surface area (Å²) in [6.45, 7) is 6.05. The Kier molecular flexibility index (Phi) is 4.58. The fourth-order valence-corrected chi connectivity index (χ4v) is 2.95. The third-order valence-corrected chi connectivity index (χ3v) is 4.24. The van der Waals surface area contributed by atoms with Crippen molar-refractivity contribution in [1.29, 1.82) is 0 Å². The number of hydrogen-bond donors (Lipinski definition) is 1. The number of benzene rings is 2. The van der Waals surface area contributed by atoms with E-state index in [9.17, 15) is 15.2 Å². The topological polar surface area (TPSA) is 80.7 Å². The van der Waals surface area contributed by atoms with Crippen molar-refractivity contribution < 1.29 is 10.0 Å². The Labute approximate surface area is 151 Å². The quantitative estimate of drug-likeness (QED) is 0.418. The van der Waals surface area contributed by atoms with Gasteiger partial charge in [0.2, 0.25) is 0 Å². The van der Waals surface area contributed by atoms with Gasteiger partial charge in [-0.3, -0.25) is 15.1 Å². The van der Waals surface area contributed by atoms with Crippen LogP contribution in [0.15, 0.2) is 53.5 Å². The molecule has 132 valence electrons. The van der Waals surface area contributed by atoms with Gasteiger partial charge in [-0.1, -0.05) is 12.1 Å². The van der Waals surface area contributed by atoms with E-state index in [0.717, 1.165) is 22.6 Å². The number of nitrogens with zero attached hydrogens (tertiary/aromatic N) is 3. The molecule has 1 heterocycles. The van der Waals surface area contributed by atoms with Crippen LogP contribution in [0.2, 0.25) is 0 Å². The molecule has 1 N–H and O–H groups in total. The van der Waals surface area contributed by atoms with Crippen LogP contribution < -0.4 is 0 Å². The highest BCUT2D eigenvalue weighted by atomic mass is 16.6. The molecule has 0 aliphatic carbocycles. The highest BCUT2D eigenvalue weighted by Crippen LogP contribution is 2.30. The van der Waals surface area contributed by atoms with E-state index in [1.54, 1.807) is 6.21 Å². The summed E-state index contributed by atoms with van der Waals surface area (Å²) in [5.41, 5.74) is 5.24. The third kappa shape index (κ3) is 3.35. The lowest BCUT2D eigenvalue weighted by Crippen LogP contribution is -1.99. The molecular formula is C20H19N3O3. The van der Waals surface area contributed by atoms with Gasteiger partial charge in [0.15, 0.2) is 0 Å². The van der Waals surface area contributed by atoms with Crippen LogP contribution in [0, 0.1) is 30.9 Å². The Bertz CT molecular complexity index is 1020. The number of rotatable bonds is 4. The smallest absolute Gasteiger partial charge is 0.271 e. The summed E-state index contributed by atoms with van der Waals surface area (Å²) in [5, 5.41) is 20.8. The van der Waals surface area contributed by atoms with Crippen LogP contribution in [0.5, 0.6) is 5.75 Å². The van der Waals surface area contributed by atoms with Crippen molar-refractivity contribution in [3.05, 3.63) is 81.2 Å². The average Bonchev–Trinajstić information content (AvgIpc) is 2.87. The maximum atomic E-state index is 10.9. The standard InChI is InChI=1S/C20H19N3O3/c1-13-5-4-6-17(9-13)22-14(2)10-16(15(22)3)12-21-19-11-18(23(25)26)7-8-20(19)24/h4-12,24H,1-3H3.